The molecular weight excluding hydrogens is 320 g/mol. The van der Waals surface area contributed by atoms with Crippen molar-refractivity contribution >= 4 is 39.6 Å². The van der Waals surface area contributed by atoms with Crippen LogP contribution in [0.1, 0.15) is 26.2 Å². The van der Waals surface area contributed by atoms with Crippen molar-refractivity contribution < 1.29 is 9.59 Å². The van der Waals surface area contributed by atoms with E-state index < -0.39 is 6.04 Å². The van der Waals surface area contributed by atoms with Gasteiger partial charge in [-0.2, -0.15) is 11.3 Å². The fraction of sp³-hybridized carbons (Fsp3) is 0.429. The van der Waals surface area contributed by atoms with E-state index in [1.165, 1.54) is 18.3 Å². The molecule has 22 heavy (non-hydrogen) atoms. The predicted octanol–water partition coefficient (Wildman–Crippen LogP) is 2.61. The number of carbonyl (C=O) groups is 2. The zero-order valence-electron chi connectivity index (χ0n) is 12.1. The van der Waals surface area contributed by atoms with Crippen LogP contribution in [0.3, 0.4) is 0 Å². The summed E-state index contributed by atoms with van der Waals surface area (Å²) in [6.45, 7) is 2.15. The number of amides is 2. The molecule has 1 atom stereocenters. The summed E-state index contributed by atoms with van der Waals surface area (Å²) in [5.74, 6) is -0.237. The molecule has 2 aromatic rings. The first-order chi connectivity index (χ1) is 10.6. The maximum Gasteiger partial charge on any atom is 0.249 e. The molecule has 2 aromatic heterocycles. The van der Waals surface area contributed by atoms with Crippen molar-refractivity contribution in [3.8, 4) is 10.6 Å². The van der Waals surface area contributed by atoms with Gasteiger partial charge in [0.05, 0.1) is 0 Å². The molecule has 0 aromatic carbocycles. The summed E-state index contributed by atoms with van der Waals surface area (Å²) in [4.78, 5) is 25.7. The number of likely N-dealkylation sites (tertiary alicyclic amines) is 1. The van der Waals surface area contributed by atoms with E-state index in [1.54, 1.807) is 16.2 Å². The second kappa shape index (κ2) is 6.53. The highest BCUT2D eigenvalue weighted by Gasteiger charge is 2.30. The van der Waals surface area contributed by atoms with Crippen molar-refractivity contribution in [3.63, 3.8) is 0 Å². The standard InChI is InChI=1S/C14H16N4O2S2/c1-9(19)18-6-3-2-4-11(18)12(20)15-14-17-16-13(22-14)10-5-7-21-8-10/h5,7-8,11H,2-4,6H2,1H3,(H,15,17,20). The van der Waals surface area contributed by atoms with E-state index in [2.05, 4.69) is 15.5 Å². The molecule has 1 aliphatic rings. The molecule has 0 spiro atoms. The summed E-state index contributed by atoms with van der Waals surface area (Å²) in [6.07, 6.45) is 2.60. The number of hydrogen-bond acceptors (Lipinski definition) is 6. The average molecular weight is 336 g/mol. The third-order valence-electron chi connectivity index (χ3n) is 3.63. The van der Waals surface area contributed by atoms with Gasteiger partial charge in [-0.05, 0) is 30.7 Å². The molecule has 1 fully saturated rings. The Hall–Kier alpha value is -1.80. The first-order valence-electron chi connectivity index (χ1n) is 7.09. The Bertz CT molecular complexity index is 668. The van der Waals surface area contributed by atoms with Crippen LogP contribution >= 0.6 is 22.7 Å². The van der Waals surface area contributed by atoms with Gasteiger partial charge in [-0.15, -0.1) is 10.2 Å². The van der Waals surface area contributed by atoms with Gasteiger partial charge >= 0.3 is 0 Å². The van der Waals surface area contributed by atoms with Gasteiger partial charge in [0, 0.05) is 24.4 Å². The van der Waals surface area contributed by atoms with Crippen LogP contribution in [0.4, 0.5) is 5.13 Å². The van der Waals surface area contributed by atoms with E-state index in [9.17, 15) is 9.59 Å². The van der Waals surface area contributed by atoms with Gasteiger partial charge in [0.25, 0.3) is 0 Å². The number of piperidine rings is 1. The molecule has 1 N–H and O–H groups in total. The van der Waals surface area contributed by atoms with E-state index in [0.29, 0.717) is 18.1 Å². The molecule has 1 aliphatic heterocycles. The Labute approximate surface area is 136 Å². The normalized spacial score (nSPS) is 18.2. The summed E-state index contributed by atoms with van der Waals surface area (Å²) in [7, 11) is 0. The second-order valence-electron chi connectivity index (χ2n) is 5.14. The largest absolute Gasteiger partial charge is 0.331 e. The van der Waals surface area contributed by atoms with Crippen molar-refractivity contribution in [2.75, 3.05) is 11.9 Å². The fourth-order valence-corrected chi connectivity index (χ4v) is 4.00. The number of nitrogens with zero attached hydrogens (tertiary/aromatic N) is 3. The lowest BCUT2D eigenvalue weighted by molar-refractivity contribution is -0.138. The van der Waals surface area contributed by atoms with Gasteiger partial charge in [0.1, 0.15) is 11.0 Å². The number of anilines is 1. The van der Waals surface area contributed by atoms with E-state index in [4.69, 9.17) is 0 Å². The maximum atomic E-state index is 12.4. The fourth-order valence-electron chi connectivity index (χ4n) is 2.55. The Morgan fingerprint density at radius 3 is 2.95 bits per heavy atom. The van der Waals surface area contributed by atoms with Crippen LogP contribution < -0.4 is 5.32 Å². The minimum atomic E-state index is -0.403. The van der Waals surface area contributed by atoms with Crippen LogP contribution in [0.25, 0.3) is 10.6 Å². The van der Waals surface area contributed by atoms with Crippen molar-refractivity contribution in [1.82, 2.24) is 15.1 Å². The van der Waals surface area contributed by atoms with Crippen LogP contribution in [0.2, 0.25) is 0 Å². The summed E-state index contributed by atoms with van der Waals surface area (Å²) < 4.78 is 0. The van der Waals surface area contributed by atoms with Gasteiger partial charge in [-0.25, -0.2) is 0 Å². The molecule has 0 saturated carbocycles. The summed E-state index contributed by atoms with van der Waals surface area (Å²) in [6, 6.07) is 1.56. The maximum absolute atomic E-state index is 12.4. The number of rotatable bonds is 3. The highest BCUT2D eigenvalue weighted by Crippen LogP contribution is 2.28. The lowest BCUT2D eigenvalue weighted by Crippen LogP contribution is -2.49. The molecule has 0 aliphatic carbocycles. The minimum Gasteiger partial charge on any atom is -0.331 e. The predicted molar refractivity (Wildman–Crippen MR) is 86.9 cm³/mol. The molecule has 0 radical (unpaired) electrons. The number of thiophene rings is 1. The number of aromatic nitrogens is 2. The molecule has 116 valence electrons. The molecule has 1 saturated heterocycles. The highest BCUT2D eigenvalue weighted by molar-refractivity contribution is 7.19. The van der Waals surface area contributed by atoms with Gasteiger partial charge in [-0.1, -0.05) is 11.3 Å². The van der Waals surface area contributed by atoms with Gasteiger partial charge in [-0.3, -0.25) is 14.9 Å². The van der Waals surface area contributed by atoms with E-state index in [1.807, 2.05) is 16.8 Å². The highest BCUT2D eigenvalue weighted by atomic mass is 32.1. The van der Waals surface area contributed by atoms with E-state index in [-0.39, 0.29) is 11.8 Å². The summed E-state index contributed by atoms with van der Waals surface area (Å²) in [5, 5.41) is 16.1. The molecule has 3 heterocycles. The molecule has 0 bridgehead atoms. The first-order valence-corrected chi connectivity index (χ1v) is 8.85. The zero-order valence-corrected chi connectivity index (χ0v) is 13.7. The summed E-state index contributed by atoms with van der Waals surface area (Å²) in [5.41, 5.74) is 1.01. The monoisotopic (exact) mass is 336 g/mol. The molecule has 6 nitrogen and oxygen atoms in total. The average Bonchev–Trinajstić information content (AvgIpc) is 3.17. The summed E-state index contributed by atoms with van der Waals surface area (Å²) >= 11 is 2.93. The molecule has 1 unspecified atom stereocenters. The third kappa shape index (κ3) is 3.17. The number of carbonyl (C=O) groups excluding carboxylic acids is 2. The zero-order chi connectivity index (χ0) is 15.5. The number of nitrogens with one attached hydrogen (secondary N) is 1. The Morgan fingerprint density at radius 1 is 1.36 bits per heavy atom. The number of hydrogen-bond donors (Lipinski definition) is 1. The Balaban J connectivity index is 1.70. The third-order valence-corrected chi connectivity index (χ3v) is 5.20. The molecule has 8 heteroatoms. The van der Waals surface area contributed by atoms with Crippen molar-refractivity contribution in [2.45, 2.75) is 32.2 Å². The molecule has 2 amide bonds. The van der Waals surface area contributed by atoms with Crippen LogP contribution in [0.5, 0.6) is 0 Å². The van der Waals surface area contributed by atoms with Gasteiger partial charge < -0.3 is 4.90 Å². The van der Waals surface area contributed by atoms with Crippen molar-refractivity contribution in [2.24, 2.45) is 0 Å². The topological polar surface area (TPSA) is 75.2 Å². The van der Waals surface area contributed by atoms with Crippen LogP contribution in [-0.2, 0) is 9.59 Å². The van der Waals surface area contributed by atoms with Crippen molar-refractivity contribution in [1.29, 1.82) is 0 Å². The Kier molecular flexibility index (Phi) is 4.49. The smallest absolute Gasteiger partial charge is 0.249 e. The van der Waals surface area contributed by atoms with E-state index >= 15 is 0 Å². The van der Waals surface area contributed by atoms with Crippen LogP contribution in [-0.4, -0.2) is 39.5 Å². The van der Waals surface area contributed by atoms with Crippen molar-refractivity contribution in [3.05, 3.63) is 16.8 Å². The SMILES string of the molecule is CC(=O)N1CCCCC1C(=O)Nc1nnc(-c2ccsc2)s1. The minimum absolute atomic E-state index is 0.0592. The van der Waals surface area contributed by atoms with Crippen LogP contribution in [0, 0.1) is 0 Å². The molecular formula is C14H16N4O2S2. The second-order valence-corrected chi connectivity index (χ2v) is 6.90. The van der Waals surface area contributed by atoms with Gasteiger partial charge in [0.15, 0.2) is 0 Å². The lowest BCUT2D eigenvalue weighted by Gasteiger charge is -2.33. The lowest BCUT2D eigenvalue weighted by atomic mass is 10.0. The Morgan fingerprint density at radius 2 is 2.23 bits per heavy atom. The molecule has 3 rings (SSSR count). The van der Waals surface area contributed by atoms with Crippen LogP contribution in [0.15, 0.2) is 16.8 Å². The first kappa shape index (κ1) is 15.1. The quantitative estimate of drug-likeness (QED) is 0.935. The van der Waals surface area contributed by atoms with E-state index in [0.717, 1.165) is 23.4 Å². The van der Waals surface area contributed by atoms with Gasteiger partial charge in [0.2, 0.25) is 16.9 Å².